The largest absolute Gasteiger partial charge is 0.369 e. The highest BCUT2D eigenvalue weighted by Gasteiger charge is 2.09. The van der Waals surface area contributed by atoms with Gasteiger partial charge < -0.3 is 15.6 Å². The molecule has 1 atom stereocenters. The molecule has 0 fully saturated rings. The normalized spacial score (nSPS) is 12.7. The Morgan fingerprint density at radius 1 is 1.79 bits per heavy atom. The summed E-state index contributed by atoms with van der Waals surface area (Å²) in [4.78, 5) is 15.0. The van der Waals surface area contributed by atoms with Crippen molar-refractivity contribution >= 4 is 5.91 Å². The van der Waals surface area contributed by atoms with Gasteiger partial charge in [-0.25, -0.2) is 4.98 Å². The van der Waals surface area contributed by atoms with E-state index in [9.17, 15) is 4.79 Å². The van der Waals surface area contributed by atoms with E-state index < -0.39 is 0 Å². The number of hydrogen-bond acceptors (Lipinski definition) is 3. The number of primary amides is 1. The van der Waals surface area contributed by atoms with Crippen molar-refractivity contribution < 1.29 is 4.79 Å². The molecule has 0 saturated heterocycles. The summed E-state index contributed by atoms with van der Waals surface area (Å²) < 4.78 is 1.88. The molecular formula is C9H16N4O. The summed E-state index contributed by atoms with van der Waals surface area (Å²) in [5, 5.41) is 3.01. The smallest absolute Gasteiger partial charge is 0.222 e. The van der Waals surface area contributed by atoms with Crippen LogP contribution in [0.5, 0.6) is 0 Å². The van der Waals surface area contributed by atoms with Crippen LogP contribution in [0.1, 0.15) is 12.6 Å². The molecule has 78 valence electrons. The summed E-state index contributed by atoms with van der Waals surface area (Å²) in [6, 6.07) is 0. The fraction of sp³-hybridized carbons (Fsp3) is 0.556. The number of aromatic nitrogens is 2. The van der Waals surface area contributed by atoms with Gasteiger partial charge in [-0.05, 0) is 7.05 Å². The van der Waals surface area contributed by atoms with Crippen LogP contribution in [0.3, 0.4) is 0 Å². The summed E-state index contributed by atoms with van der Waals surface area (Å²) in [5.74, 6) is -0.444. The fourth-order valence-electron chi connectivity index (χ4n) is 1.18. The van der Waals surface area contributed by atoms with Gasteiger partial charge in [0.15, 0.2) is 0 Å². The van der Waals surface area contributed by atoms with Gasteiger partial charge in [-0.1, -0.05) is 6.92 Å². The third kappa shape index (κ3) is 2.85. The second-order valence-electron chi connectivity index (χ2n) is 3.40. The Hall–Kier alpha value is -1.36. The van der Waals surface area contributed by atoms with Gasteiger partial charge in [-0.2, -0.15) is 0 Å². The van der Waals surface area contributed by atoms with Crippen molar-refractivity contribution in [3.05, 3.63) is 18.2 Å². The van der Waals surface area contributed by atoms with E-state index in [1.807, 2.05) is 17.8 Å². The predicted octanol–water partition coefficient (Wildman–Crippen LogP) is -0.276. The second-order valence-corrected chi connectivity index (χ2v) is 3.40. The van der Waals surface area contributed by atoms with Crippen molar-refractivity contribution in [3.8, 4) is 0 Å². The molecule has 1 aromatic rings. The Morgan fingerprint density at radius 2 is 2.50 bits per heavy atom. The molecule has 5 heteroatoms. The second kappa shape index (κ2) is 4.76. The Bertz CT molecular complexity index is 308. The molecule has 0 radical (unpaired) electrons. The minimum Gasteiger partial charge on any atom is -0.369 e. The first-order chi connectivity index (χ1) is 6.63. The van der Waals surface area contributed by atoms with Crippen LogP contribution in [-0.4, -0.2) is 22.5 Å². The van der Waals surface area contributed by atoms with Gasteiger partial charge in [-0.3, -0.25) is 4.79 Å². The number of nitrogens with two attached hydrogens (primary N) is 1. The van der Waals surface area contributed by atoms with Crippen LogP contribution >= 0.6 is 0 Å². The summed E-state index contributed by atoms with van der Waals surface area (Å²) in [6.45, 7) is 3.13. The molecule has 14 heavy (non-hydrogen) atoms. The van der Waals surface area contributed by atoms with E-state index in [0.717, 1.165) is 12.2 Å². The van der Waals surface area contributed by atoms with Crippen LogP contribution in [0.15, 0.2) is 12.5 Å². The molecule has 0 aliphatic rings. The number of imidazole rings is 1. The number of rotatable bonds is 5. The van der Waals surface area contributed by atoms with Crippen LogP contribution in [0.4, 0.5) is 0 Å². The average molecular weight is 196 g/mol. The topological polar surface area (TPSA) is 72.9 Å². The van der Waals surface area contributed by atoms with E-state index >= 15 is 0 Å². The van der Waals surface area contributed by atoms with Gasteiger partial charge in [-0.15, -0.1) is 0 Å². The van der Waals surface area contributed by atoms with Crippen molar-refractivity contribution in [1.82, 2.24) is 14.9 Å². The van der Waals surface area contributed by atoms with E-state index in [1.165, 1.54) is 0 Å². The molecule has 5 nitrogen and oxygen atoms in total. The Morgan fingerprint density at radius 3 is 3.07 bits per heavy atom. The monoisotopic (exact) mass is 196 g/mol. The lowest BCUT2D eigenvalue weighted by Crippen LogP contribution is -2.24. The average Bonchev–Trinajstić information content (AvgIpc) is 2.53. The number of amides is 1. The van der Waals surface area contributed by atoms with Crippen LogP contribution < -0.4 is 11.1 Å². The quantitative estimate of drug-likeness (QED) is 0.680. The third-order valence-electron chi connectivity index (χ3n) is 2.01. The number of hydrogen-bond donors (Lipinski definition) is 2. The third-order valence-corrected chi connectivity index (χ3v) is 2.01. The number of nitrogens with one attached hydrogen (secondary N) is 1. The molecule has 3 N–H and O–H groups in total. The van der Waals surface area contributed by atoms with Crippen LogP contribution in [0, 0.1) is 5.92 Å². The van der Waals surface area contributed by atoms with Crippen molar-refractivity contribution in [2.75, 3.05) is 7.05 Å². The lowest BCUT2D eigenvalue weighted by atomic mass is 10.2. The Labute approximate surface area is 83.3 Å². The van der Waals surface area contributed by atoms with Crippen LogP contribution in [0.2, 0.25) is 0 Å². The highest BCUT2D eigenvalue weighted by molar-refractivity contribution is 5.76. The van der Waals surface area contributed by atoms with Gasteiger partial charge in [0.25, 0.3) is 0 Å². The Balaban J connectivity index is 2.55. The lowest BCUT2D eigenvalue weighted by molar-refractivity contribution is -0.121. The predicted molar refractivity (Wildman–Crippen MR) is 53.3 cm³/mol. The van der Waals surface area contributed by atoms with Crippen molar-refractivity contribution in [2.24, 2.45) is 11.7 Å². The maximum Gasteiger partial charge on any atom is 0.222 e. The van der Waals surface area contributed by atoms with E-state index in [0.29, 0.717) is 6.54 Å². The standard InChI is InChI=1S/C9H16N4O/c1-7(9(10)14)4-13-5-8(3-11-2)12-6-13/h5-7,11H,3-4H2,1-2H3,(H2,10,14). The summed E-state index contributed by atoms with van der Waals surface area (Å²) in [7, 11) is 1.87. The van der Waals surface area contributed by atoms with Crippen molar-refractivity contribution in [2.45, 2.75) is 20.0 Å². The van der Waals surface area contributed by atoms with Crippen LogP contribution in [0.25, 0.3) is 0 Å². The van der Waals surface area contributed by atoms with Crippen LogP contribution in [-0.2, 0) is 17.9 Å². The first-order valence-electron chi connectivity index (χ1n) is 4.58. The van der Waals surface area contributed by atoms with Gasteiger partial charge in [0.05, 0.1) is 17.9 Å². The first-order valence-corrected chi connectivity index (χ1v) is 4.58. The maximum atomic E-state index is 10.8. The van der Waals surface area contributed by atoms with E-state index in [2.05, 4.69) is 10.3 Å². The number of nitrogens with zero attached hydrogens (tertiary/aromatic N) is 2. The maximum absolute atomic E-state index is 10.8. The highest BCUT2D eigenvalue weighted by atomic mass is 16.1. The number of carbonyl (C=O) groups is 1. The molecular weight excluding hydrogens is 180 g/mol. The molecule has 0 aliphatic heterocycles. The van der Waals surface area contributed by atoms with Gasteiger partial charge in [0.2, 0.25) is 5.91 Å². The van der Waals surface area contributed by atoms with E-state index in [1.54, 1.807) is 13.3 Å². The minimum absolute atomic E-state index is 0.161. The minimum atomic E-state index is -0.283. The summed E-state index contributed by atoms with van der Waals surface area (Å²) in [6.07, 6.45) is 3.63. The Kier molecular flexibility index (Phi) is 3.64. The zero-order valence-corrected chi connectivity index (χ0v) is 8.53. The zero-order chi connectivity index (χ0) is 10.6. The highest BCUT2D eigenvalue weighted by Crippen LogP contribution is 2.01. The van der Waals surface area contributed by atoms with E-state index in [4.69, 9.17) is 5.73 Å². The first kappa shape index (κ1) is 10.7. The summed E-state index contributed by atoms with van der Waals surface area (Å²) in [5.41, 5.74) is 6.13. The van der Waals surface area contributed by atoms with Gasteiger partial charge >= 0.3 is 0 Å². The molecule has 1 aromatic heterocycles. The molecule has 1 rings (SSSR count). The summed E-state index contributed by atoms with van der Waals surface area (Å²) >= 11 is 0. The fourth-order valence-corrected chi connectivity index (χ4v) is 1.18. The lowest BCUT2D eigenvalue weighted by Gasteiger charge is -2.06. The molecule has 1 heterocycles. The molecule has 1 unspecified atom stereocenters. The van der Waals surface area contributed by atoms with E-state index in [-0.39, 0.29) is 11.8 Å². The number of carbonyl (C=O) groups excluding carboxylic acids is 1. The molecule has 1 amide bonds. The van der Waals surface area contributed by atoms with Gasteiger partial charge in [0.1, 0.15) is 0 Å². The molecule has 0 spiro atoms. The molecule has 0 bridgehead atoms. The van der Waals surface area contributed by atoms with Gasteiger partial charge in [0, 0.05) is 19.3 Å². The molecule has 0 aromatic carbocycles. The molecule has 0 saturated carbocycles. The van der Waals surface area contributed by atoms with Crippen molar-refractivity contribution in [1.29, 1.82) is 0 Å². The zero-order valence-electron chi connectivity index (χ0n) is 8.53. The SMILES string of the molecule is CNCc1cn(CC(C)C(N)=O)cn1. The van der Waals surface area contributed by atoms with Crippen molar-refractivity contribution in [3.63, 3.8) is 0 Å². The molecule has 0 aliphatic carbocycles.